The van der Waals surface area contributed by atoms with Gasteiger partial charge in [0.2, 0.25) is 5.82 Å². The van der Waals surface area contributed by atoms with Crippen LogP contribution >= 0.6 is 11.6 Å². The Bertz CT molecular complexity index is 1000. The quantitative estimate of drug-likeness (QED) is 0.504. The van der Waals surface area contributed by atoms with Crippen molar-refractivity contribution in [2.24, 2.45) is 0 Å². The minimum atomic E-state index is -3.42. The Balaban J connectivity index is 1.94. The largest absolute Gasteiger partial charge is 0.393 e. The smallest absolute Gasteiger partial charge is 0.331 e. The van der Waals surface area contributed by atoms with E-state index < -0.39 is 11.7 Å². The zero-order valence-corrected chi connectivity index (χ0v) is 14.8. The lowest BCUT2D eigenvalue weighted by molar-refractivity contribution is 0.0330. The van der Waals surface area contributed by atoms with Gasteiger partial charge in [-0.2, -0.15) is 8.78 Å². The van der Waals surface area contributed by atoms with Gasteiger partial charge >= 0.3 is 5.92 Å². The summed E-state index contributed by atoms with van der Waals surface area (Å²) in [5.74, 6) is -1.57. The third-order valence-electron chi connectivity index (χ3n) is 3.94. The molecule has 1 aromatic heterocycles. The first-order valence-corrected chi connectivity index (χ1v) is 8.36. The number of aromatic nitrogens is 2. The number of hydrogen-bond donors (Lipinski definition) is 2. The maximum atomic E-state index is 14.8. The van der Waals surface area contributed by atoms with Crippen LogP contribution in [0.3, 0.4) is 0 Å². The number of nitrogens with one attached hydrogen (secondary N) is 1. The van der Waals surface area contributed by atoms with E-state index in [1.54, 1.807) is 12.1 Å². The van der Waals surface area contributed by atoms with Gasteiger partial charge in [0.1, 0.15) is 5.69 Å². The van der Waals surface area contributed by atoms with Crippen molar-refractivity contribution in [1.29, 1.82) is 0 Å². The Labute approximate surface area is 160 Å². The normalized spacial score (nSPS) is 11.0. The molecule has 3 N–H and O–H groups in total. The molecule has 0 unspecified atom stereocenters. The fourth-order valence-corrected chi connectivity index (χ4v) is 2.66. The van der Waals surface area contributed by atoms with E-state index in [4.69, 9.17) is 23.8 Å². The molecule has 4 nitrogen and oxygen atoms in total. The van der Waals surface area contributed by atoms with Gasteiger partial charge in [-0.25, -0.2) is 9.97 Å². The molecule has 0 spiro atoms. The summed E-state index contributed by atoms with van der Waals surface area (Å²) in [7, 11) is 0. The van der Waals surface area contributed by atoms with Gasteiger partial charge in [-0.15, -0.1) is 6.42 Å². The first-order chi connectivity index (χ1) is 12.9. The van der Waals surface area contributed by atoms with Crippen LogP contribution in [0.1, 0.15) is 22.5 Å². The molecule has 0 aliphatic heterocycles. The van der Waals surface area contributed by atoms with Crippen LogP contribution < -0.4 is 11.1 Å². The monoisotopic (exact) mass is 384 g/mol. The number of nitrogens with two attached hydrogens (primary N) is 1. The van der Waals surface area contributed by atoms with Crippen molar-refractivity contribution < 1.29 is 8.78 Å². The highest BCUT2D eigenvalue weighted by molar-refractivity contribution is 6.32. The molecular formula is C20H15ClF2N4. The number of halogens is 3. The van der Waals surface area contributed by atoms with Gasteiger partial charge in [0, 0.05) is 17.7 Å². The van der Waals surface area contributed by atoms with Gasteiger partial charge in [0.25, 0.3) is 0 Å². The highest BCUT2D eigenvalue weighted by atomic mass is 35.5. The number of alkyl halides is 2. The Morgan fingerprint density at radius 1 is 1.07 bits per heavy atom. The van der Waals surface area contributed by atoms with E-state index in [1.807, 2.05) is 18.2 Å². The molecule has 0 bridgehead atoms. The van der Waals surface area contributed by atoms with Crippen LogP contribution in [-0.4, -0.2) is 9.97 Å². The van der Waals surface area contributed by atoms with Crippen molar-refractivity contribution in [3.8, 4) is 12.3 Å². The van der Waals surface area contributed by atoms with E-state index in [2.05, 4.69) is 21.2 Å². The zero-order valence-electron chi connectivity index (χ0n) is 14.1. The molecule has 27 heavy (non-hydrogen) atoms. The number of nitrogen functional groups attached to an aromatic ring is 1. The van der Waals surface area contributed by atoms with Crippen LogP contribution in [-0.2, 0) is 12.5 Å². The molecule has 0 aliphatic rings. The highest BCUT2D eigenvalue weighted by Gasteiger charge is 2.38. The summed E-state index contributed by atoms with van der Waals surface area (Å²) >= 11 is 5.97. The van der Waals surface area contributed by atoms with E-state index in [1.165, 1.54) is 24.3 Å². The van der Waals surface area contributed by atoms with Crippen LogP contribution in [0.5, 0.6) is 0 Å². The standard InChI is InChI=1S/C20H15ClF2N4/c1-2-13-8-6-7-9-14(13)12-25-18-16(24)17(21)26-19(27-18)20(22,23)15-10-4-3-5-11-15/h1,3-11H,12,24H2,(H,25,26,27). The molecular weight excluding hydrogens is 370 g/mol. The molecule has 2 aromatic carbocycles. The topological polar surface area (TPSA) is 63.8 Å². The molecule has 7 heteroatoms. The molecule has 0 saturated heterocycles. The lowest BCUT2D eigenvalue weighted by Gasteiger charge is -2.18. The Hall–Kier alpha value is -3.17. The van der Waals surface area contributed by atoms with Gasteiger partial charge < -0.3 is 11.1 Å². The summed E-state index contributed by atoms with van der Waals surface area (Å²) < 4.78 is 29.6. The molecule has 0 atom stereocenters. The van der Waals surface area contributed by atoms with Gasteiger partial charge in [0.15, 0.2) is 11.0 Å². The SMILES string of the molecule is C#Cc1ccccc1CNc1nc(C(F)(F)c2ccccc2)nc(Cl)c1N. The highest BCUT2D eigenvalue weighted by Crippen LogP contribution is 2.36. The minimum absolute atomic E-state index is 0.0116. The second-order valence-corrected chi connectivity index (χ2v) is 6.05. The van der Waals surface area contributed by atoms with E-state index in [9.17, 15) is 8.78 Å². The number of nitrogens with zero attached hydrogens (tertiary/aromatic N) is 2. The van der Waals surface area contributed by atoms with Gasteiger partial charge in [0.05, 0.1) is 0 Å². The Morgan fingerprint density at radius 3 is 2.44 bits per heavy atom. The molecule has 0 aliphatic carbocycles. The summed E-state index contributed by atoms with van der Waals surface area (Å²) in [6.07, 6.45) is 5.47. The van der Waals surface area contributed by atoms with Crippen LogP contribution in [0.15, 0.2) is 54.6 Å². The fraction of sp³-hybridized carbons (Fsp3) is 0.100. The van der Waals surface area contributed by atoms with Crippen LogP contribution in [0.2, 0.25) is 5.15 Å². The summed E-state index contributed by atoms with van der Waals surface area (Å²) in [6, 6.07) is 14.5. The predicted octanol–water partition coefficient (Wildman–Crippen LogP) is 4.45. The summed E-state index contributed by atoms with van der Waals surface area (Å²) in [5, 5.41) is 2.67. The molecule has 3 aromatic rings. The Kier molecular flexibility index (Phi) is 5.24. The summed E-state index contributed by atoms with van der Waals surface area (Å²) in [6.45, 7) is 0.244. The van der Waals surface area contributed by atoms with Gasteiger partial charge in [-0.1, -0.05) is 66.1 Å². The van der Waals surface area contributed by atoms with Gasteiger partial charge in [-0.05, 0) is 11.6 Å². The van der Waals surface area contributed by atoms with Crippen LogP contribution in [0.4, 0.5) is 20.3 Å². The average Bonchev–Trinajstić information content (AvgIpc) is 2.69. The second-order valence-electron chi connectivity index (χ2n) is 5.70. The van der Waals surface area contributed by atoms with Crippen molar-refractivity contribution in [2.45, 2.75) is 12.5 Å². The second kappa shape index (κ2) is 7.60. The molecule has 0 amide bonds. The van der Waals surface area contributed by atoms with Gasteiger partial charge in [-0.3, -0.25) is 0 Å². The van der Waals surface area contributed by atoms with Crippen molar-refractivity contribution >= 4 is 23.1 Å². The van der Waals surface area contributed by atoms with E-state index in [0.717, 1.165) is 5.56 Å². The molecule has 1 heterocycles. The minimum Gasteiger partial charge on any atom is -0.393 e. The maximum Gasteiger partial charge on any atom is 0.331 e. The molecule has 0 radical (unpaired) electrons. The number of anilines is 2. The van der Waals surface area contributed by atoms with E-state index in [-0.39, 0.29) is 28.8 Å². The summed E-state index contributed by atoms with van der Waals surface area (Å²) in [4.78, 5) is 7.60. The lowest BCUT2D eigenvalue weighted by Crippen LogP contribution is -2.21. The molecule has 136 valence electrons. The van der Waals surface area contributed by atoms with E-state index in [0.29, 0.717) is 5.56 Å². The fourth-order valence-electron chi connectivity index (χ4n) is 2.49. The van der Waals surface area contributed by atoms with Crippen LogP contribution in [0, 0.1) is 12.3 Å². The van der Waals surface area contributed by atoms with Crippen molar-refractivity contribution in [3.63, 3.8) is 0 Å². The first kappa shape index (κ1) is 18.6. The molecule has 0 fully saturated rings. The van der Waals surface area contributed by atoms with Crippen molar-refractivity contribution in [3.05, 3.63) is 82.3 Å². The zero-order chi connectivity index (χ0) is 19.4. The number of benzene rings is 2. The van der Waals surface area contributed by atoms with Crippen LogP contribution in [0.25, 0.3) is 0 Å². The number of terminal acetylenes is 1. The number of hydrogen-bond acceptors (Lipinski definition) is 4. The first-order valence-electron chi connectivity index (χ1n) is 7.98. The Morgan fingerprint density at radius 2 is 1.74 bits per heavy atom. The average molecular weight is 385 g/mol. The van der Waals surface area contributed by atoms with E-state index >= 15 is 0 Å². The third-order valence-corrected chi connectivity index (χ3v) is 4.22. The molecule has 0 saturated carbocycles. The lowest BCUT2D eigenvalue weighted by atomic mass is 10.1. The third kappa shape index (κ3) is 3.83. The van der Waals surface area contributed by atoms with Crippen molar-refractivity contribution in [1.82, 2.24) is 9.97 Å². The number of rotatable bonds is 5. The summed E-state index contributed by atoms with van der Waals surface area (Å²) in [5.41, 5.74) is 7.09. The molecule has 3 rings (SSSR count). The van der Waals surface area contributed by atoms with Crippen molar-refractivity contribution in [2.75, 3.05) is 11.1 Å². The predicted molar refractivity (Wildman–Crippen MR) is 103 cm³/mol. The maximum absolute atomic E-state index is 14.8.